The first-order valence-electron chi connectivity index (χ1n) is 4.44. The molecule has 0 aliphatic carbocycles. The molecule has 0 saturated carbocycles. The highest BCUT2D eigenvalue weighted by Gasteiger charge is 2.10. The first kappa shape index (κ1) is 11.6. The summed E-state index contributed by atoms with van der Waals surface area (Å²) in [5.41, 5.74) is 2.67. The van der Waals surface area contributed by atoms with E-state index in [-0.39, 0.29) is 18.8 Å². The minimum Gasteiger partial charge on any atom is -0.394 e. The van der Waals surface area contributed by atoms with Gasteiger partial charge in [-0.1, -0.05) is 6.07 Å². The van der Waals surface area contributed by atoms with Crippen LogP contribution in [0.2, 0.25) is 0 Å². The zero-order chi connectivity index (χ0) is 11.3. The zero-order valence-corrected chi connectivity index (χ0v) is 8.29. The van der Waals surface area contributed by atoms with Crippen LogP contribution >= 0.6 is 0 Å². The molecule has 0 bridgehead atoms. The maximum Gasteiger partial charge on any atom is 0.277 e. The number of aryl methyl sites for hydroxylation is 1. The lowest BCUT2D eigenvalue weighted by Crippen LogP contribution is -2.26. The summed E-state index contributed by atoms with van der Waals surface area (Å²) in [6.07, 6.45) is 0. The van der Waals surface area contributed by atoms with Crippen LogP contribution in [0.3, 0.4) is 0 Å². The van der Waals surface area contributed by atoms with Gasteiger partial charge in [-0.2, -0.15) is 0 Å². The number of carbonyl (C=O) groups is 1. The van der Waals surface area contributed by atoms with E-state index >= 15 is 0 Å². The largest absolute Gasteiger partial charge is 0.394 e. The molecule has 2 N–H and O–H groups in total. The normalized spacial score (nSPS) is 10.1. The van der Waals surface area contributed by atoms with E-state index in [0.717, 1.165) is 5.56 Å². The monoisotopic (exact) mass is 213 g/mol. The smallest absolute Gasteiger partial charge is 0.277 e. The zero-order valence-electron chi connectivity index (χ0n) is 8.29. The third kappa shape index (κ3) is 3.30. The Morgan fingerprint density at radius 3 is 2.93 bits per heavy atom. The number of benzene rings is 1. The van der Waals surface area contributed by atoms with Crippen molar-refractivity contribution in [1.29, 1.82) is 0 Å². The van der Waals surface area contributed by atoms with E-state index in [1.165, 1.54) is 12.1 Å². The molecule has 0 aliphatic heterocycles. The number of hydrogen-bond acceptors (Lipinski definition) is 3. The Morgan fingerprint density at radius 1 is 1.60 bits per heavy atom. The summed E-state index contributed by atoms with van der Waals surface area (Å²) in [5, 5.41) is 8.39. The van der Waals surface area contributed by atoms with Crippen LogP contribution < -0.4 is 5.48 Å². The number of aliphatic hydroxyl groups excluding tert-OH is 1. The minimum absolute atomic E-state index is 0.0286. The Kier molecular flexibility index (Phi) is 4.20. The van der Waals surface area contributed by atoms with Gasteiger partial charge in [-0.15, -0.1) is 0 Å². The number of hydroxylamine groups is 1. The molecular formula is C10H12FNO3. The molecule has 0 saturated heterocycles. The maximum absolute atomic E-state index is 13.2. The molecule has 0 aliphatic rings. The fourth-order valence-corrected chi connectivity index (χ4v) is 1.02. The van der Waals surface area contributed by atoms with Gasteiger partial charge < -0.3 is 5.11 Å². The summed E-state index contributed by atoms with van der Waals surface area (Å²) in [6.45, 7) is 1.49. The van der Waals surface area contributed by atoms with Gasteiger partial charge in [0, 0.05) is 0 Å². The van der Waals surface area contributed by atoms with Crippen molar-refractivity contribution in [2.75, 3.05) is 13.2 Å². The van der Waals surface area contributed by atoms with Crippen molar-refractivity contribution in [2.45, 2.75) is 6.92 Å². The van der Waals surface area contributed by atoms with Gasteiger partial charge in [0.05, 0.1) is 18.8 Å². The van der Waals surface area contributed by atoms with E-state index < -0.39 is 11.7 Å². The molecule has 1 aromatic rings. The Bertz CT molecular complexity index is 355. The number of aliphatic hydroxyl groups is 1. The first-order valence-corrected chi connectivity index (χ1v) is 4.44. The second-order valence-electron chi connectivity index (χ2n) is 2.99. The molecule has 0 heterocycles. The molecule has 4 nitrogen and oxygen atoms in total. The van der Waals surface area contributed by atoms with Crippen LogP contribution in [0.25, 0.3) is 0 Å². The number of rotatable bonds is 4. The number of nitrogens with one attached hydrogen (secondary N) is 1. The molecule has 1 rings (SSSR count). The SMILES string of the molecule is Cc1ccc(C(=O)NOCCO)c(F)c1. The van der Waals surface area contributed by atoms with E-state index in [2.05, 4.69) is 4.84 Å². The molecule has 15 heavy (non-hydrogen) atoms. The predicted octanol–water partition coefficient (Wildman–Crippen LogP) is 0.788. The average molecular weight is 213 g/mol. The summed E-state index contributed by atoms with van der Waals surface area (Å²) >= 11 is 0. The molecule has 0 atom stereocenters. The second-order valence-corrected chi connectivity index (χ2v) is 2.99. The Balaban J connectivity index is 2.65. The summed E-state index contributed by atoms with van der Waals surface area (Å²) in [6, 6.07) is 4.27. The van der Waals surface area contributed by atoms with Gasteiger partial charge in [0.2, 0.25) is 0 Å². The van der Waals surface area contributed by atoms with Crippen LogP contribution in [0, 0.1) is 12.7 Å². The van der Waals surface area contributed by atoms with Crippen LogP contribution in [0.1, 0.15) is 15.9 Å². The van der Waals surface area contributed by atoms with Gasteiger partial charge >= 0.3 is 0 Å². The third-order valence-electron chi connectivity index (χ3n) is 1.73. The summed E-state index contributed by atoms with van der Waals surface area (Å²) in [7, 11) is 0. The van der Waals surface area contributed by atoms with Crippen LogP contribution in [0.4, 0.5) is 4.39 Å². The predicted molar refractivity (Wildman–Crippen MR) is 51.6 cm³/mol. The minimum atomic E-state index is -0.666. The van der Waals surface area contributed by atoms with Crippen molar-refractivity contribution < 1.29 is 19.1 Å². The van der Waals surface area contributed by atoms with Gasteiger partial charge in [-0.3, -0.25) is 9.63 Å². The highest BCUT2D eigenvalue weighted by molar-refractivity contribution is 5.93. The summed E-state index contributed by atoms with van der Waals surface area (Å²) < 4.78 is 13.2. The quantitative estimate of drug-likeness (QED) is 0.574. The lowest BCUT2D eigenvalue weighted by Gasteiger charge is -2.05. The molecule has 1 amide bonds. The van der Waals surface area contributed by atoms with Gasteiger partial charge in [0.1, 0.15) is 5.82 Å². The Hall–Kier alpha value is -1.46. The van der Waals surface area contributed by atoms with Gasteiger partial charge in [-0.05, 0) is 24.6 Å². The first-order chi connectivity index (χ1) is 7.15. The number of hydrogen-bond donors (Lipinski definition) is 2. The van der Waals surface area contributed by atoms with E-state index in [1.54, 1.807) is 13.0 Å². The molecule has 0 radical (unpaired) electrons. The van der Waals surface area contributed by atoms with E-state index in [0.29, 0.717) is 0 Å². The summed E-state index contributed by atoms with van der Waals surface area (Å²) in [5.74, 6) is -1.26. The Morgan fingerprint density at radius 2 is 2.33 bits per heavy atom. The molecule has 0 fully saturated rings. The van der Waals surface area contributed by atoms with Crippen LogP contribution in [-0.2, 0) is 4.84 Å². The van der Waals surface area contributed by atoms with E-state index in [9.17, 15) is 9.18 Å². The molecule has 0 aromatic heterocycles. The molecular weight excluding hydrogens is 201 g/mol. The molecule has 1 aromatic carbocycles. The van der Waals surface area contributed by atoms with E-state index in [4.69, 9.17) is 5.11 Å². The van der Waals surface area contributed by atoms with Crippen LogP contribution in [0.15, 0.2) is 18.2 Å². The standard InChI is InChI=1S/C10H12FNO3/c1-7-2-3-8(9(11)6-7)10(14)12-15-5-4-13/h2-3,6,13H,4-5H2,1H3,(H,12,14). The number of carbonyl (C=O) groups excluding carboxylic acids is 1. The van der Waals surface area contributed by atoms with E-state index in [1.807, 2.05) is 5.48 Å². The molecule has 0 unspecified atom stereocenters. The van der Waals surface area contributed by atoms with Crippen LogP contribution in [0.5, 0.6) is 0 Å². The lowest BCUT2D eigenvalue weighted by atomic mass is 10.1. The van der Waals surface area contributed by atoms with Crippen molar-refractivity contribution >= 4 is 5.91 Å². The Labute approximate surface area is 86.6 Å². The highest BCUT2D eigenvalue weighted by Crippen LogP contribution is 2.09. The van der Waals surface area contributed by atoms with Crippen molar-refractivity contribution in [3.05, 3.63) is 35.1 Å². The number of halogens is 1. The van der Waals surface area contributed by atoms with Crippen molar-refractivity contribution in [3.8, 4) is 0 Å². The van der Waals surface area contributed by atoms with Gasteiger partial charge in [0.15, 0.2) is 0 Å². The fourth-order valence-electron chi connectivity index (χ4n) is 1.02. The van der Waals surface area contributed by atoms with Crippen molar-refractivity contribution in [1.82, 2.24) is 5.48 Å². The third-order valence-corrected chi connectivity index (χ3v) is 1.73. The topological polar surface area (TPSA) is 58.6 Å². The highest BCUT2D eigenvalue weighted by atomic mass is 19.1. The molecule has 82 valence electrons. The van der Waals surface area contributed by atoms with Crippen molar-refractivity contribution in [3.63, 3.8) is 0 Å². The summed E-state index contributed by atoms with van der Waals surface area (Å²) in [4.78, 5) is 15.9. The molecule has 0 spiro atoms. The fraction of sp³-hybridized carbons (Fsp3) is 0.300. The molecule has 5 heteroatoms. The van der Waals surface area contributed by atoms with Crippen LogP contribution in [-0.4, -0.2) is 24.2 Å². The van der Waals surface area contributed by atoms with Gasteiger partial charge in [-0.25, -0.2) is 9.87 Å². The van der Waals surface area contributed by atoms with Gasteiger partial charge in [0.25, 0.3) is 5.91 Å². The average Bonchev–Trinajstić information content (AvgIpc) is 2.17. The maximum atomic E-state index is 13.2. The van der Waals surface area contributed by atoms with Crippen molar-refractivity contribution in [2.24, 2.45) is 0 Å². The number of amides is 1. The lowest BCUT2D eigenvalue weighted by molar-refractivity contribution is 0.0165. The second kappa shape index (κ2) is 5.43.